The van der Waals surface area contributed by atoms with E-state index in [0.29, 0.717) is 5.69 Å². The molecule has 2 aromatic rings. The first-order valence-corrected chi connectivity index (χ1v) is 6.58. The fraction of sp³-hybridized carbons (Fsp3) is 0. The standard InChI is InChI=1S/C16H10F2N2O3/c17-14-10(6-7-12(21)15(14)18)19-11-8-13(22)20(16(11)23)9-4-2-1-3-5-9/h1-8,19,21H. The second-order valence-corrected chi connectivity index (χ2v) is 4.76. The van der Waals surface area contributed by atoms with Gasteiger partial charge in [-0.25, -0.2) is 9.29 Å². The highest BCUT2D eigenvalue weighted by Gasteiger charge is 2.33. The minimum absolute atomic E-state index is 0.192. The highest BCUT2D eigenvalue weighted by atomic mass is 19.2. The van der Waals surface area contributed by atoms with Gasteiger partial charge in [-0.2, -0.15) is 4.39 Å². The van der Waals surface area contributed by atoms with Crippen molar-refractivity contribution in [2.45, 2.75) is 0 Å². The minimum Gasteiger partial charge on any atom is -0.505 e. The van der Waals surface area contributed by atoms with Crippen LogP contribution in [0.25, 0.3) is 0 Å². The molecule has 0 saturated heterocycles. The number of phenolic OH excluding ortho intramolecular Hbond substituents is 1. The minimum atomic E-state index is -1.44. The van der Waals surface area contributed by atoms with Crippen LogP contribution in [0.1, 0.15) is 0 Å². The van der Waals surface area contributed by atoms with Crippen molar-refractivity contribution in [2.75, 3.05) is 10.2 Å². The third-order valence-electron chi connectivity index (χ3n) is 3.27. The average molecular weight is 316 g/mol. The van der Waals surface area contributed by atoms with E-state index in [0.717, 1.165) is 23.1 Å². The molecule has 2 aromatic carbocycles. The van der Waals surface area contributed by atoms with Gasteiger partial charge in [-0.15, -0.1) is 0 Å². The molecule has 0 aromatic heterocycles. The van der Waals surface area contributed by atoms with Gasteiger partial charge in [0.1, 0.15) is 5.70 Å². The van der Waals surface area contributed by atoms with Crippen LogP contribution in [0.15, 0.2) is 54.2 Å². The summed E-state index contributed by atoms with van der Waals surface area (Å²) < 4.78 is 27.1. The number of amides is 2. The molecule has 1 aliphatic rings. The number of hydrogen-bond donors (Lipinski definition) is 2. The van der Waals surface area contributed by atoms with E-state index in [2.05, 4.69) is 5.32 Å². The van der Waals surface area contributed by atoms with Crippen molar-refractivity contribution in [2.24, 2.45) is 0 Å². The smallest absolute Gasteiger partial charge is 0.281 e. The molecule has 1 aliphatic heterocycles. The van der Waals surface area contributed by atoms with Gasteiger partial charge in [-0.3, -0.25) is 9.59 Å². The Kier molecular flexibility index (Phi) is 3.53. The van der Waals surface area contributed by atoms with Crippen molar-refractivity contribution < 1.29 is 23.5 Å². The number of benzene rings is 2. The lowest BCUT2D eigenvalue weighted by Crippen LogP contribution is -2.31. The summed E-state index contributed by atoms with van der Waals surface area (Å²) in [5, 5.41) is 11.5. The number of hydrogen-bond acceptors (Lipinski definition) is 4. The van der Waals surface area contributed by atoms with E-state index in [1.165, 1.54) is 0 Å². The van der Waals surface area contributed by atoms with E-state index < -0.39 is 29.2 Å². The number of nitrogens with zero attached hydrogens (tertiary/aromatic N) is 1. The van der Waals surface area contributed by atoms with E-state index in [-0.39, 0.29) is 11.4 Å². The maximum atomic E-state index is 13.7. The zero-order valence-corrected chi connectivity index (χ0v) is 11.6. The Morgan fingerprint density at radius 3 is 2.35 bits per heavy atom. The quantitative estimate of drug-likeness (QED) is 0.674. The Hall–Kier alpha value is -3.22. The highest BCUT2D eigenvalue weighted by Crippen LogP contribution is 2.28. The van der Waals surface area contributed by atoms with Gasteiger partial charge in [0, 0.05) is 6.08 Å². The van der Waals surface area contributed by atoms with E-state index >= 15 is 0 Å². The van der Waals surface area contributed by atoms with Crippen molar-refractivity contribution in [3.05, 3.63) is 65.9 Å². The van der Waals surface area contributed by atoms with Crippen molar-refractivity contribution in [1.82, 2.24) is 0 Å². The number of nitrogens with one attached hydrogen (secondary N) is 1. The molecule has 0 saturated carbocycles. The molecule has 0 aliphatic carbocycles. The molecule has 0 bridgehead atoms. The fourth-order valence-electron chi connectivity index (χ4n) is 2.16. The Bertz CT molecular complexity index is 835. The van der Waals surface area contributed by atoms with E-state index in [9.17, 15) is 18.4 Å². The van der Waals surface area contributed by atoms with Gasteiger partial charge in [-0.05, 0) is 24.3 Å². The summed E-state index contributed by atoms with van der Waals surface area (Å²) in [7, 11) is 0. The van der Waals surface area contributed by atoms with Crippen LogP contribution in [0, 0.1) is 11.6 Å². The molecule has 1 heterocycles. The topological polar surface area (TPSA) is 69.6 Å². The molecule has 0 atom stereocenters. The average Bonchev–Trinajstić information content (AvgIpc) is 2.83. The summed E-state index contributed by atoms with van der Waals surface area (Å²) >= 11 is 0. The summed E-state index contributed by atoms with van der Waals surface area (Å²) in [5.74, 6) is -4.91. The summed E-state index contributed by atoms with van der Waals surface area (Å²) in [6.45, 7) is 0. The number of carbonyl (C=O) groups excluding carboxylic acids is 2. The maximum absolute atomic E-state index is 13.7. The van der Waals surface area contributed by atoms with Crippen LogP contribution in [0.4, 0.5) is 20.2 Å². The van der Waals surface area contributed by atoms with Crippen LogP contribution in [0.3, 0.4) is 0 Å². The molecule has 116 valence electrons. The van der Waals surface area contributed by atoms with Gasteiger partial charge in [0.2, 0.25) is 5.82 Å². The Balaban J connectivity index is 1.89. The van der Waals surface area contributed by atoms with Gasteiger partial charge in [0.25, 0.3) is 11.8 Å². The second kappa shape index (κ2) is 5.53. The molecule has 0 spiro atoms. The molecule has 5 nitrogen and oxygen atoms in total. The highest BCUT2D eigenvalue weighted by molar-refractivity contribution is 6.31. The lowest BCUT2D eigenvalue weighted by molar-refractivity contribution is -0.120. The van der Waals surface area contributed by atoms with Gasteiger partial charge in [0.05, 0.1) is 11.4 Å². The molecule has 2 N–H and O–H groups in total. The third kappa shape index (κ3) is 2.52. The normalized spacial score (nSPS) is 14.2. The third-order valence-corrected chi connectivity index (χ3v) is 3.27. The summed E-state index contributed by atoms with van der Waals surface area (Å²) in [5.41, 5.74) is -0.182. The molecular weight excluding hydrogens is 306 g/mol. The SMILES string of the molecule is O=C1C=C(Nc2ccc(O)c(F)c2F)C(=O)N1c1ccccc1. The first kappa shape index (κ1) is 14.7. The predicted octanol–water partition coefficient (Wildman–Crippen LogP) is 2.54. The lowest BCUT2D eigenvalue weighted by atomic mass is 10.2. The van der Waals surface area contributed by atoms with Crippen LogP contribution in [0.2, 0.25) is 0 Å². The molecular formula is C16H10F2N2O3. The van der Waals surface area contributed by atoms with E-state index in [4.69, 9.17) is 5.11 Å². The van der Waals surface area contributed by atoms with Crippen molar-refractivity contribution in [3.8, 4) is 5.75 Å². The van der Waals surface area contributed by atoms with Crippen LogP contribution in [-0.2, 0) is 9.59 Å². The zero-order chi connectivity index (χ0) is 16.6. The van der Waals surface area contributed by atoms with Crippen molar-refractivity contribution >= 4 is 23.2 Å². The van der Waals surface area contributed by atoms with E-state index in [1.54, 1.807) is 30.3 Å². The number of para-hydroxylation sites is 1. The Morgan fingerprint density at radius 2 is 1.65 bits per heavy atom. The van der Waals surface area contributed by atoms with Gasteiger partial charge in [-0.1, -0.05) is 18.2 Å². The summed E-state index contributed by atoms with van der Waals surface area (Å²) in [6, 6.07) is 10.2. The number of carbonyl (C=O) groups is 2. The first-order valence-electron chi connectivity index (χ1n) is 6.58. The number of aromatic hydroxyl groups is 1. The second-order valence-electron chi connectivity index (χ2n) is 4.76. The van der Waals surface area contributed by atoms with Crippen LogP contribution in [0.5, 0.6) is 5.75 Å². The molecule has 23 heavy (non-hydrogen) atoms. The Labute approximate surface area is 129 Å². The number of anilines is 2. The number of rotatable bonds is 3. The molecule has 0 radical (unpaired) electrons. The number of imide groups is 1. The zero-order valence-electron chi connectivity index (χ0n) is 11.6. The predicted molar refractivity (Wildman–Crippen MR) is 78.7 cm³/mol. The Morgan fingerprint density at radius 1 is 0.957 bits per heavy atom. The first-order chi connectivity index (χ1) is 11.0. The molecule has 0 unspecified atom stereocenters. The maximum Gasteiger partial charge on any atom is 0.281 e. The molecule has 7 heteroatoms. The van der Waals surface area contributed by atoms with Crippen molar-refractivity contribution in [3.63, 3.8) is 0 Å². The van der Waals surface area contributed by atoms with Crippen LogP contribution < -0.4 is 10.2 Å². The number of phenols is 1. The van der Waals surface area contributed by atoms with Crippen LogP contribution >= 0.6 is 0 Å². The lowest BCUT2D eigenvalue weighted by Gasteiger charge is -2.15. The molecule has 2 amide bonds. The van der Waals surface area contributed by atoms with Gasteiger partial charge >= 0.3 is 0 Å². The van der Waals surface area contributed by atoms with Crippen molar-refractivity contribution in [1.29, 1.82) is 0 Å². The molecule has 0 fully saturated rings. The van der Waals surface area contributed by atoms with Crippen LogP contribution in [-0.4, -0.2) is 16.9 Å². The van der Waals surface area contributed by atoms with Gasteiger partial charge in [0.15, 0.2) is 11.6 Å². The van der Waals surface area contributed by atoms with Gasteiger partial charge < -0.3 is 10.4 Å². The summed E-state index contributed by atoms with van der Waals surface area (Å²) in [4.78, 5) is 25.2. The summed E-state index contributed by atoms with van der Waals surface area (Å²) in [6.07, 6.45) is 1.000. The monoisotopic (exact) mass is 316 g/mol. The number of halogens is 2. The van der Waals surface area contributed by atoms with E-state index in [1.807, 2.05) is 0 Å². The molecule has 3 rings (SSSR count). The largest absolute Gasteiger partial charge is 0.505 e. The fourth-order valence-corrected chi connectivity index (χ4v) is 2.16.